The summed E-state index contributed by atoms with van der Waals surface area (Å²) in [6.45, 7) is 3.98. The second-order valence-electron chi connectivity index (χ2n) is 4.61. The molecule has 0 aliphatic heterocycles. The van der Waals surface area contributed by atoms with Gasteiger partial charge in [-0.25, -0.2) is 4.39 Å². The minimum atomic E-state index is -0.256. The van der Waals surface area contributed by atoms with E-state index in [4.69, 9.17) is 4.74 Å². The molecule has 0 saturated carbocycles. The standard InChI is InChI=1S/C16H18FNO/c1-11-5-4-6-14(9-11)19-16-8-7-13(17)10-15(16)12(2)18-3/h4-10,12,18H,1-3H3. The SMILES string of the molecule is CNC(C)c1cc(F)ccc1Oc1cccc(C)c1. The van der Waals surface area contributed by atoms with E-state index in [1.54, 1.807) is 6.07 Å². The van der Waals surface area contributed by atoms with Gasteiger partial charge < -0.3 is 10.1 Å². The quantitative estimate of drug-likeness (QED) is 0.888. The fourth-order valence-corrected chi connectivity index (χ4v) is 1.91. The summed E-state index contributed by atoms with van der Waals surface area (Å²) in [4.78, 5) is 0. The van der Waals surface area contributed by atoms with Crippen molar-refractivity contribution >= 4 is 0 Å². The molecule has 0 saturated heterocycles. The zero-order chi connectivity index (χ0) is 13.8. The van der Waals surface area contributed by atoms with Crippen molar-refractivity contribution in [2.75, 3.05) is 7.05 Å². The predicted molar refractivity (Wildman–Crippen MR) is 75.1 cm³/mol. The van der Waals surface area contributed by atoms with Crippen molar-refractivity contribution in [2.24, 2.45) is 0 Å². The van der Waals surface area contributed by atoms with Gasteiger partial charge in [0.15, 0.2) is 0 Å². The van der Waals surface area contributed by atoms with Crippen molar-refractivity contribution in [3.8, 4) is 11.5 Å². The van der Waals surface area contributed by atoms with Crippen LogP contribution in [0.1, 0.15) is 24.1 Å². The maximum atomic E-state index is 13.4. The van der Waals surface area contributed by atoms with Gasteiger partial charge in [-0.05, 0) is 56.8 Å². The Kier molecular flexibility index (Phi) is 4.17. The molecule has 2 rings (SSSR count). The molecule has 2 nitrogen and oxygen atoms in total. The highest BCUT2D eigenvalue weighted by atomic mass is 19.1. The lowest BCUT2D eigenvalue weighted by Crippen LogP contribution is -2.13. The van der Waals surface area contributed by atoms with Crippen molar-refractivity contribution in [1.82, 2.24) is 5.32 Å². The van der Waals surface area contributed by atoms with Crippen molar-refractivity contribution in [3.63, 3.8) is 0 Å². The Morgan fingerprint density at radius 3 is 2.63 bits per heavy atom. The van der Waals surface area contributed by atoms with Crippen LogP contribution in [-0.4, -0.2) is 7.05 Å². The second kappa shape index (κ2) is 5.85. The molecule has 0 aliphatic rings. The lowest BCUT2D eigenvalue weighted by Gasteiger charge is -2.16. The minimum Gasteiger partial charge on any atom is -0.457 e. The summed E-state index contributed by atoms with van der Waals surface area (Å²) in [7, 11) is 1.84. The average Bonchev–Trinajstić information content (AvgIpc) is 2.40. The van der Waals surface area contributed by atoms with Crippen LogP contribution < -0.4 is 10.1 Å². The third-order valence-corrected chi connectivity index (χ3v) is 3.09. The Balaban J connectivity index is 2.34. The van der Waals surface area contributed by atoms with Crippen LogP contribution in [0, 0.1) is 12.7 Å². The van der Waals surface area contributed by atoms with Crippen molar-refractivity contribution in [1.29, 1.82) is 0 Å². The van der Waals surface area contributed by atoms with E-state index in [1.807, 2.05) is 45.2 Å². The van der Waals surface area contributed by atoms with Crippen LogP contribution in [0.2, 0.25) is 0 Å². The van der Waals surface area contributed by atoms with Gasteiger partial charge in [-0.2, -0.15) is 0 Å². The maximum absolute atomic E-state index is 13.4. The maximum Gasteiger partial charge on any atom is 0.132 e. The first-order chi connectivity index (χ1) is 9.10. The van der Waals surface area contributed by atoms with Crippen LogP contribution in [-0.2, 0) is 0 Å². The van der Waals surface area contributed by atoms with Crippen LogP contribution in [0.25, 0.3) is 0 Å². The van der Waals surface area contributed by atoms with E-state index in [0.717, 1.165) is 16.9 Å². The van der Waals surface area contributed by atoms with Gasteiger partial charge in [-0.3, -0.25) is 0 Å². The molecule has 0 heterocycles. The smallest absolute Gasteiger partial charge is 0.132 e. The number of hydrogen-bond acceptors (Lipinski definition) is 2. The Bertz CT molecular complexity index is 568. The van der Waals surface area contributed by atoms with Gasteiger partial charge in [0.05, 0.1) is 0 Å². The van der Waals surface area contributed by atoms with E-state index >= 15 is 0 Å². The number of hydrogen-bond donors (Lipinski definition) is 1. The normalized spacial score (nSPS) is 12.2. The van der Waals surface area contributed by atoms with E-state index in [1.165, 1.54) is 12.1 Å². The molecule has 2 aromatic rings. The first-order valence-corrected chi connectivity index (χ1v) is 6.31. The molecule has 0 aromatic heterocycles. The molecule has 1 unspecified atom stereocenters. The van der Waals surface area contributed by atoms with Gasteiger partial charge in [0.2, 0.25) is 0 Å². The summed E-state index contributed by atoms with van der Waals surface area (Å²) in [5.74, 6) is 1.18. The van der Waals surface area contributed by atoms with Gasteiger partial charge in [0, 0.05) is 11.6 Å². The largest absolute Gasteiger partial charge is 0.457 e. The Hall–Kier alpha value is -1.87. The van der Waals surface area contributed by atoms with Crippen molar-refractivity contribution in [2.45, 2.75) is 19.9 Å². The third-order valence-electron chi connectivity index (χ3n) is 3.09. The van der Waals surface area contributed by atoms with Gasteiger partial charge in [0.1, 0.15) is 17.3 Å². The van der Waals surface area contributed by atoms with Crippen LogP contribution in [0.15, 0.2) is 42.5 Å². The highest BCUT2D eigenvalue weighted by Crippen LogP contribution is 2.30. The molecule has 0 spiro atoms. The van der Waals surface area contributed by atoms with Gasteiger partial charge in [0.25, 0.3) is 0 Å². The topological polar surface area (TPSA) is 21.3 Å². The summed E-state index contributed by atoms with van der Waals surface area (Å²) in [5, 5.41) is 3.10. The van der Waals surface area contributed by atoms with E-state index in [9.17, 15) is 4.39 Å². The summed E-state index contributed by atoms with van der Waals surface area (Å²) < 4.78 is 19.2. The predicted octanol–water partition coefficient (Wildman–Crippen LogP) is 4.21. The fourth-order valence-electron chi connectivity index (χ4n) is 1.91. The van der Waals surface area contributed by atoms with Crippen LogP contribution in [0.5, 0.6) is 11.5 Å². The lowest BCUT2D eigenvalue weighted by atomic mass is 10.1. The fraction of sp³-hybridized carbons (Fsp3) is 0.250. The third kappa shape index (κ3) is 3.32. The molecule has 19 heavy (non-hydrogen) atoms. The minimum absolute atomic E-state index is 0.0236. The highest BCUT2D eigenvalue weighted by Gasteiger charge is 2.12. The molecule has 0 bridgehead atoms. The van der Waals surface area contributed by atoms with Crippen LogP contribution >= 0.6 is 0 Å². The molecule has 1 atom stereocenters. The Morgan fingerprint density at radius 1 is 1.16 bits per heavy atom. The van der Waals surface area contributed by atoms with Gasteiger partial charge in [-0.1, -0.05) is 12.1 Å². The van der Waals surface area contributed by atoms with Crippen molar-refractivity contribution < 1.29 is 9.13 Å². The van der Waals surface area contributed by atoms with Gasteiger partial charge in [-0.15, -0.1) is 0 Å². The number of rotatable bonds is 4. The lowest BCUT2D eigenvalue weighted by molar-refractivity contribution is 0.463. The number of benzene rings is 2. The zero-order valence-electron chi connectivity index (χ0n) is 11.4. The molecule has 0 amide bonds. The number of aryl methyl sites for hydroxylation is 1. The first kappa shape index (κ1) is 13.6. The van der Waals surface area contributed by atoms with E-state index < -0.39 is 0 Å². The molecule has 0 fully saturated rings. The number of ether oxygens (including phenoxy) is 1. The zero-order valence-corrected chi connectivity index (χ0v) is 11.4. The van der Waals surface area contributed by atoms with Crippen LogP contribution in [0.3, 0.4) is 0 Å². The number of halogens is 1. The first-order valence-electron chi connectivity index (χ1n) is 6.31. The monoisotopic (exact) mass is 259 g/mol. The molecule has 0 radical (unpaired) electrons. The van der Waals surface area contributed by atoms with Crippen LogP contribution in [0.4, 0.5) is 4.39 Å². The van der Waals surface area contributed by atoms with Gasteiger partial charge >= 0.3 is 0 Å². The summed E-state index contributed by atoms with van der Waals surface area (Å²) in [6.07, 6.45) is 0. The molecule has 100 valence electrons. The molecular formula is C16H18FNO. The molecule has 1 N–H and O–H groups in total. The summed E-state index contributed by atoms with van der Waals surface area (Å²) >= 11 is 0. The number of nitrogens with one attached hydrogen (secondary N) is 1. The second-order valence-corrected chi connectivity index (χ2v) is 4.61. The molecule has 2 aromatic carbocycles. The summed E-state index contributed by atoms with van der Waals surface area (Å²) in [5.41, 5.74) is 1.94. The Labute approximate surface area is 113 Å². The van der Waals surface area contributed by atoms with E-state index in [-0.39, 0.29) is 11.9 Å². The van der Waals surface area contributed by atoms with E-state index in [0.29, 0.717) is 5.75 Å². The molecular weight excluding hydrogens is 241 g/mol. The Morgan fingerprint density at radius 2 is 1.95 bits per heavy atom. The summed E-state index contributed by atoms with van der Waals surface area (Å²) in [6, 6.07) is 12.4. The van der Waals surface area contributed by atoms with E-state index in [2.05, 4.69) is 5.32 Å². The highest BCUT2D eigenvalue weighted by molar-refractivity contribution is 5.40. The molecule has 3 heteroatoms. The molecule has 0 aliphatic carbocycles. The van der Waals surface area contributed by atoms with Crippen molar-refractivity contribution in [3.05, 3.63) is 59.4 Å². The average molecular weight is 259 g/mol.